The quantitative estimate of drug-likeness (QED) is 0.740. The first-order valence-electron chi connectivity index (χ1n) is 8.78. The smallest absolute Gasteiger partial charge is 0.317 e. The van der Waals surface area contributed by atoms with Crippen LogP contribution in [-0.2, 0) is 16.1 Å². The van der Waals surface area contributed by atoms with Gasteiger partial charge in [-0.3, -0.25) is 19.4 Å². The van der Waals surface area contributed by atoms with Crippen molar-refractivity contribution in [2.45, 2.75) is 19.9 Å². The minimum absolute atomic E-state index is 0.0664. The van der Waals surface area contributed by atoms with E-state index in [9.17, 15) is 14.0 Å². The molecule has 0 aliphatic carbocycles. The van der Waals surface area contributed by atoms with Crippen molar-refractivity contribution < 1.29 is 19.1 Å². The number of hydrogen-bond donors (Lipinski definition) is 1. The summed E-state index contributed by atoms with van der Waals surface area (Å²) < 4.78 is 13.9. The van der Waals surface area contributed by atoms with Gasteiger partial charge in [0, 0.05) is 43.3 Å². The Morgan fingerprint density at radius 1 is 1.23 bits per heavy atom. The lowest BCUT2D eigenvalue weighted by Crippen LogP contribution is -2.51. The van der Waals surface area contributed by atoms with Gasteiger partial charge in [-0.25, -0.2) is 4.39 Å². The number of piperazine rings is 1. The highest BCUT2D eigenvalue weighted by Crippen LogP contribution is 2.21. The Morgan fingerprint density at radius 3 is 2.50 bits per heavy atom. The van der Waals surface area contributed by atoms with E-state index in [1.54, 1.807) is 21.9 Å². The second-order valence-electron chi connectivity index (χ2n) is 6.46. The van der Waals surface area contributed by atoms with Crippen molar-refractivity contribution in [3.05, 3.63) is 34.6 Å². The topological polar surface area (TPSA) is 64.1 Å². The molecule has 6 nitrogen and oxygen atoms in total. The summed E-state index contributed by atoms with van der Waals surface area (Å²) in [5.41, 5.74) is 0.476. The zero-order valence-electron chi connectivity index (χ0n) is 15.0. The van der Waals surface area contributed by atoms with Gasteiger partial charge in [0.15, 0.2) is 0 Å². The number of halogens is 2. The Bertz CT molecular complexity index is 616. The average Bonchev–Trinajstić information content (AvgIpc) is 2.58. The van der Waals surface area contributed by atoms with E-state index in [0.717, 1.165) is 6.42 Å². The molecule has 1 saturated heterocycles. The molecule has 26 heavy (non-hydrogen) atoms. The Kier molecular flexibility index (Phi) is 7.81. The van der Waals surface area contributed by atoms with E-state index < -0.39 is 5.97 Å². The summed E-state index contributed by atoms with van der Waals surface area (Å²) in [6, 6.07) is 4.65. The number of nitrogens with zero attached hydrogens (tertiary/aromatic N) is 3. The number of carbonyl (C=O) groups excluding carboxylic acids is 1. The second-order valence-corrected chi connectivity index (χ2v) is 6.87. The van der Waals surface area contributed by atoms with Crippen LogP contribution in [0.1, 0.15) is 18.9 Å². The number of carboxylic acids is 1. The van der Waals surface area contributed by atoms with Gasteiger partial charge in [-0.2, -0.15) is 0 Å². The van der Waals surface area contributed by atoms with E-state index in [1.165, 1.54) is 6.07 Å². The van der Waals surface area contributed by atoms with Crippen molar-refractivity contribution in [1.29, 1.82) is 0 Å². The first-order valence-corrected chi connectivity index (χ1v) is 9.15. The first-order chi connectivity index (χ1) is 12.4. The summed E-state index contributed by atoms with van der Waals surface area (Å²) in [4.78, 5) is 28.8. The maximum Gasteiger partial charge on any atom is 0.317 e. The largest absolute Gasteiger partial charge is 0.480 e. The van der Waals surface area contributed by atoms with Crippen molar-refractivity contribution in [3.63, 3.8) is 0 Å². The summed E-state index contributed by atoms with van der Waals surface area (Å²) in [5.74, 6) is -1.32. The number of hydrogen-bond acceptors (Lipinski definition) is 4. The average molecular weight is 386 g/mol. The first kappa shape index (κ1) is 20.6. The molecule has 0 bridgehead atoms. The SMILES string of the molecule is CCCN(CC(=O)O)CC(=O)N1CCN(Cc2c(F)cccc2Cl)CC1. The highest BCUT2D eigenvalue weighted by molar-refractivity contribution is 6.31. The fraction of sp³-hybridized carbons (Fsp3) is 0.556. The molecule has 2 rings (SSSR count). The van der Waals surface area contributed by atoms with Gasteiger partial charge < -0.3 is 10.0 Å². The Hall–Kier alpha value is -1.70. The lowest BCUT2D eigenvalue weighted by molar-refractivity contribution is -0.140. The predicted octanol–water partition coefficient (Wildman–Crippen LogP) is 1.92. The van der Waals surface area contributed by atoms with Crippen LogP contribution < -0.4 is 0 Å². The van der Waals surface area contributed by atoms with E-state index in [0.29, 0.717) is 49.9 Å². The maximum absolute atomic E-state index is 13.9. The summed E-state index contributed by atoms with van der Waals surface area (Å²) in [6.45, 7) is 5.25. The van der Waals surface area contributed by atoms with Crippen LogP contribution in [0.15, 0.2) is 18.2 Å². The predicted molar refractivity (Wildman–Crippen MR) is 97.6 cm³/mol. The van der Waals surface area contributed by atoms with Crippen LogP contribution in [0.5, 0.6) is 0 Å². The van der Waals surface area contributed by atoms with Crippen LogP contribution in [0.25, 0.3) is 0 Å². The molecular formula is C18H25ClFN3O3. The van der Waals surface area contributed by atoms with Crippen LogP contribution in [-0.4, -0.2) is 77.5 Å². The standard InChI is InChI=1S/C18H25ClFN3O3/c1-2-6-22(13-18(25)26)12-17(24)23-9-7-21(8-10-23)11-14-15(19)4-3-5-16(14)20/h3-5H,2,6-13H2,1H3,(H,25,26). The van der Waals surface area contributed by atoms with E-state index >= 15 is 0 Å². The van der Waals surface area contributed by atoms with Gasteiger partial charge in [-0.1, -0.05) is 24.6 Å². The highest BCUT2D eigenvalue weighted by Gasteiger charge is 2.24. The molecule has 1 N–H and O–H groups in total. The molecule has 0 atom stereocenters. The van der Waals surface area contributed by atoms with E-state index in [-0.39, 0.29) is 24.8 Å². The maximum atomic E-state index is 13.9. The fourth-order valence-corrected chi connectivity index (χ4v) is 3.30. The monoisotopic (exact) mass is 385 g/mol. The van der Waals surface area contributed by atoms with E-state index in [1.807, 2.05) is 6.92 Å². The van der Waals surface area contributed by atoms with Gasteiger partial charge in [0.25, 0.3) is 0 Å². The molecule has 1 fully saturated rings. The van der Waals surface area contributed by atoms with Crippen molar-refractivity contribution in [1.82, 2.24) is 14.7 Å². The summed E-state index contributed by atoms with van der Waals surface area (Å²) in [7, 11) is 0. The number of carboxylic acid groups (broad SMARTS) is 1. The number of carbonyl (C=O) groups is 2. The molecule has 0 spiro atoms. The van der Waals surface area contributed by atoms with Crippen LogP contribution in [0.3, 0.4) is 0 Å². The zero-order valence-corrected chi connectivity index (χ0v) is 15.7. The lowest BCUT2D eigenvalue weighted by atomic mass is 10.2. The van der Waals surface area contributed by atoms with Crippen molar-refractivity contribution >= 4 is 23.5 Å². The molecule has 0 saturated carbocycles. The van der Waals surface area contributed by atoms with Crippen LogP contribution in [0.2, 0.25) is 5.02 Å². The molecule has 8 heteroatoms. The van der Waals surface area contributed by atoms with Gasteiger partial charge in [-0.15, -0.1) is 0 Å². The number of rotatable bonds is 8. The van der Waals surface area contributed by atoms with Crippen LogP contribution in [0, 0.1) is 5.82 Å². The van der Waals surface area contributed by atoms with Gasteiger partial charge in [0.05, 0.1) is 13.1 Å². The van der Waals surface area contributed by atoms with Gasteiger partial charge in [0.2, 0.25) is 5.91 Å². The minimum atomic E-state index is -0.933. The van der Waals surface area contributed by atoms with Gasteiger partial charge in [-0.05, 0) is 25.1 Å². The fourth-order valence-electron chi connectivity index (χ4n) is 3.08. The summed E-state index contributed by atoms with van der Waals surface area (Å²) in [5, 5.41) is 9.35. The Balaban J connectivity index is 1.85. The van der Waals surface area contributed by atoms with Crippen molar-refractivity contribution in [2.24, 2.45) is 0 Å². The molecule has 1 aromatic carbocycles. The third-order valence-electron chi connectivity index (χ3n) is 4.43. The van der Waals surface area contributed by atoms with Gasteiger partial charge in [0.1, 0.15) is 5.82 Å². The van der Waals surface area contributed by atoms with Crippen LogP contribution >= 0.6 is 11.6 Å². The lowest BCUT2D eigenvalue weighted by Gasteiger charge is -2.35. The molecular weight excluding hydrogens is 361 g/mol. The number of aliphatic carboxylic acids is 1. The second kappa shape index (κ2) is 9.85. The van der Waals surface area contributed by atoms with E-state index in [4.69, 9.17) is 16.7 Å². The summed E-state index contributed by atoms with van der Waals surface area (Å²) >= 11 is 6.07. The van der Waals surface area contributed by atoms with E-state index in [2.05, 4.69) is 4.90 Å². The molecule has 0 aromatic heterocycles. The minimum Gasteiger partial charge on any atom is -0.480 e. The molecule has 1 aliphatic rings. The zero-order chi connectivity index (χ0) is 19.1. The molecule has 1 aliphatic heterocycles. The molecule has 1 amide bonds. The molecule has 1 aromatic rings. The normalized spacial score (nSPS) is 15.5. The summed E-state index contributed by atoms with van der Waals surface area (Å²) in [6.07, 6.45) is 0.789. The third-order valence-corrected chi connectivity index (χ3v) is 4.78. The molecule has 0 unspecified atom stereocenters. The Labute approximate surface area is 158 Å². The Morgan fingerprint density at radius 2 is 1.92 bits per heavy atom. The molecule has 0 radical (unpaired) electrons. The number of benzene rings is 1. The molecule has 1 heterocycles. The van der Waals surface area contributed by atoms with Crippen LogP contribution in [0.4, 0.5) is 4.39 Å². The van der Waals surface area contributed by atoms with Gasteiger partial charge >= 0.3 is 5.97 Å². The molecule has 144 valence electrons. The number of amides is 1. The van der Waals surface area contributed by atoms with Crippen molar-refractivity contribution in [3.8, 4) is 0 Å². The highest BCUT2D eigenvalue weighted by atomic mass is 35.5. The third kappa shape index (κ3) is 5.93. The van der Waals surface area contributed by atoms with Crippen molar-refractivity contribution in [2.75, 3.05) is 45.8 Å².